The lowest BCUT2D eigenvalue weighted by molar-refractivity contribution is 0.0684. The number of hydrogen-bond acceptors (Lipinski definition) is 4. The fourth-order valence-corrected chi connectivity index (χ4v) is 4.59. The van der Waals surface area contributed by atoms with Crippen LogP contribution in [0.15, 0.2) is 24.3 Å². The second kappa shape index (κ2) is 12.5. The van der Waals surface area contributed by atoms with Gasteiger partial charge in [-0.15, -0.1) is 0 Å². The molecule has 0 aliphatic carbocycles. The van der Waals surface area contributed by atoms with Crippen LogP contribution in [-0.2, 0) is 0 Å². The zero-order chi connectivity index (χ0) is 27.2. The largest absolute Gasteiger partial charge is 0.478 e. The smallest absolute Gasteiger partial charge is 0.336 e. The van der Waals surface area contributed by atoms with Crippen molar-refractivity contribution >= 4 is 34.5 Å². The van der Waals surface area contributed by atoms with Gasteiger partial charge in [0, 0.05) is 34.0 Å². The van der Waals surface area contributed by atoms with Gasteiger partial charge in [-0.2, -0.15) is 0 Å². The van der Waals surface area contributed by atoms with Crippen molar-refractivity contribution < 1.29 is 29.4 Å². The normalized spacial score (nSPS) is 14.5. The highest BCUT2D eigenvalue weighted by Gasteiger charge is 2.28. The molecule has 4 atom stereocenters. The Bertz CT molecular complexity index is 1050. The van der Waals surface area contributed by atoms with E-state index in [4.69, 9.17) is 0 Å². The van der Waals surface area contributed by atoms with Crippen molar-refractivity contribution in [2.45, 2.75) is 79.3 Å². The van der Waals surface area contributed by atoms with E-state index in [9.17, 15) is 29.4 Å². The third kappa shape index (κ3) is 6.04. The van der Waals surface area contributed by atoms with Crippen LogP contribution in [0.4, 0.5) is 0 Å². The molecule has 4 N–H and O–H groups in total. The Morgan fingerprint density at radius 3 is 1.17 bits per heavy atom. The molecule has 0 aliphatic heterocycles. The van der Waals surface area contributed by atoms with Crippen molar-refractivity contribution in [3.8, 4) is 0 Å². The number of carbonyl (C=O) groups excluding carboxylic acids is 2. The van der Waals surface area contributed by atoms with Gasteiger partial charge in [-0.25, -0.2) is 9.59 Å². The van der Waals surface area contributed by atoms with Gasteiger partial charge in [0.2, 0.25) is 0 Å². The number of fused-ring (bicyclic) bond motifs is 1. The zero-order valence-electron chi connectivity index (χ0n) is 22.0. The predicted molar refractivity (Wildman–Crippen MR) is 140 cm³/mol. The summed E-state index contributed by atoms with van der Waals surface area (Å²) in [5.74, 6) is -3.26. The monoisotopic (exact) mass is 498 g/mol. The Morgan fingerprint density at radius 1 is 0.611 bits per heavy atom. The van der Waals surface area contributed by atoms with E-state index in [1.807, 2.05) is 41.5 Å². The quantitative estimate of drug-likeness (QED) is 0.312. The van der Waals surface area contributed by atoms with Gasteiger partial charge in [0.25, 0.3) is 11.8 Å². The number of rotatable bonds is 12. The van der Waals surface area contributed by atoms with E-state index in [1.54, 1.807) is 0 Å². The van der Waals surface area contributed by atoms with Crippen molar-refractivity contribution in [2.24, 2.45) is 11.8 Å². The average Bonchev–Trinajstić information content (AvgIpc) is 2.87. The topological polar surface area (TPSA) is 133 Å². The molecule has 0 fully saturated rings. The summed E-state index contributed by atoms with van der Waals surface area (Å²) in [7, 11) is 0. The molecule has 0 saturated heterocycles. The number of carboxylic acids is 2. The molecule has 196 valence electrons. The molecule has 2 aromatic rings. The molecule has 8 nitrogen and oxygen atoms in total. The molecule has 36 heavy (non-hydrogen) atoms. The van der Waals surface area contributed by atoms with Crippen molar-refractivity contribution in [1.82, 2.24) is 10.6 Å². The molecule has 2 amide bonds. The number of nitrogens with one attached hydrogen (secondary N) is 2. The average molecular weight is 499 g/mol. The molecule has 2 aromatic carbocycles. The summed E-state index contributed by atoms with van der Waals surface area (Å²) >= 11 is 0. The fourth-order valence-electron chi connectivity index (χ4n) is 4.59. The Kier molecular flexibility index (Phi) is 10.0. The van der Waals surface area contributed by atoms with Crippen LogP contribution in [0, 0.1) is 11.8 Å². The van der Waals surface area contributed by atoms with Crippen molar-refractivity contribution in [3.63, 3.8) is 0 Å². The van der Waals surface area contributed by atoms with E-state index in [2.05, 4.69) is 10.6 Å². The van der Waals surface area contributed by atoms with Crippen LogP contribution in [0.1, 0.15) is 109 Å². The first-order valence-electron chi connectivity index (χ1n) is 12.7. The number of amides is 2. The van der Waals surface area contributed by atoms with Gasteiger partial charge in [0.15, 0.2) is 0 Å². The van der Waals surface area contributed by atoms with Crippen LogP contribution >= 0.6 is 0 Å². The summed E-state index contributed by atoms with van der Waals surface area (Å²) in [4.78, 5) is 51.1. The van der Waals surface area contributed by atoms with E-state index < -0.39 is 23.8 Å². The van der Waals surface area contributed by atoms with Crippen LogP contribution < -0.4 is 10.6 Å². The maximum Gasteiger partial charge on any atom is 0.336 e. The molecule has 4 unspecified atom stereocenters. The molecule has 2 rings (SSSR count). The molecule has 0 radical (unpaired) electrons. The number of hydrogen-bond donors (Lipinski definition) is 4. The van der Waals surface area contributed by atoms with Crippen LogP contribution in [0.2, 0.25) is 0 Å². The van der Waals surface area contributed by atoms with E-state index in [0.29, 0.717) is 12.8 Å². The maximum atomic E-state index is 13.4. The van der Waals surface area contributed by atoms with Gasteiger partial charge in [-0.3, -0.25) is 9.59 Å². The molecule has 8 heteroatoms. The van der Waals surface area contributed by atoms with Gasteiger partial charge >= 0.3 is 11.9 Å². The molecule has 0 heterocycles. The maximum absolute atomic E-state index is 13.4. The minimum absolute atomic E-state index is 0.0257. The number of carbonyl (C=O) groups is 4. The minimum Gasteiger partial charge on any atom is -0.478 e. The van der Waals surface area contributed by atoms with Gasteiger partial charge < -0.3 is 20.8 Å². The molecule has 0 saturated carbocycles. The molecule has 0 spiro atoms. The Hall–Kier alpha value is -3.42. The fraction of sp³-hybridized carbons (Fsp3) is 0.500. The highest BCUT2D eigenvalue weighted by Crippen LogP contribution is 2.31. The minimum atomic E-state index is -1.32. The van der Waals surface area contributed by atoms with Gasteiger partial charge in [0.05, 0.1) is 11.1 Å². The van der Waals surface area contributed by atoms with Crippen LogP contribution in [0.5, 0.6) is 0 Å². The lowest BCUT2D eigenvalue weighted by Crippen LogP contribution is -2.40. The summed E-state index contributed by atoms with van der Waals surface area (Å²) in [5.41, 5.74) is -0.420. The third-order valence-corrected chi connectivity index (χ3v) is 7.29. The highest BCUT2D eigenvalue weighted by atomic mass is 16.4. The van der Waals surface area contributed by atoms with Crippen molar-refractivity contribution in [2.75, 3.05) is 0 Å². The third-order valence-electron chi connectivity index (χ3n) is 7.29. The lowest BCUT2D eigenvalue weighted by atomic mass is 9.89. The summed E-state index contributed by atoms with van der Waals surface area (Å²) in [6, 6.07) is 4.89. The van der Waals surface area contributed by atoms with Crippen molar-refractivity contribution in [1.29, 1.82) is 0 Å². The molecule has 0 bridgehead atoms. The summed E-state index contributed by atoms with van der Waals surface area (Å²) in [6.45, 7) is 12.0. The van der Waals surface area contributed by atoms with E-state index in [1.165, 1.54) is 24.3 Å². The van der Waals surface area contributed by atoms with Gasteiger partial charge in [0.1, 0.15) is 0 Å². The van der Waals surface area contributed by atoms with Gasteiger partial charge in [-0.1, -0.05) is 54.4 Å². The first kappa shape index (κ1) is 28.8. The molecular weight excluding hydrogens is 460 g/mol. The lowest BCUT2D eigenvalue weighted by Gasteiger charge is -2.25. The first-order chi connectivity index (χ1) is 17.0. The van der Waals surface area contributed by atoms with Gasteiger partial charge in [-0.05, 0) is 48.9 Å². The zero-order valence-corrected chi connectivity index (χ0v) is 22.0. The number of aromatic carboxylic acids is 2. The van der Waals surface area contributed by atoms with Crippen LogP contribution in [0.3, 0.4) is 0 Å². The Morgan fingerprint density at radius 2 is 0.917 bits per heavy atom. The summed E-state index contributed by atoms with van der Waals surface area (Å²) in [6.07, 6.45) is 3.05. The van der Waals surface area contributed by atoms with E-state index in [0.717, 1.165) is 12.8 Å². The molecule has 0 aliphatic rings. The summed E-state index contributed by atoms with van der Waals surface area (Å²) < 4.78 is 0. The molecular formula is C28H38N2O6. The second-order valence-electron chi connectivity index (χ2n) is 9.43. The van der Waals surface area contributed by atoms with E-state index >= 15 is 0 Å². The van der Waals surface area contributed by atoms with E-state index in [-0.39, 0.29) is 56.9 Å². The number of benzene rings is 2. The standard InChI is InChI=1S/C28H38N2O6/c1-7-15(5)21(9-3)29-25(31)17-11-12-18(26(32)30-22(10-4)16(6)8-2)24-20(28(35)36)14-13-19(23(17)24)27(33)34/h11-16,21-22H,7-10H2,1-6H3,(H,29,31)(H,30,32)(H,33,34)(H,35,36). The van der Waals surface area contributed by atoms with Crippen LogP contribution in [0.25, 0.3) is 10.8 Å². The number of carboxylic acid groups (broad SMARTS) is 2. The Labute approximate surface area is 212 Å². The predicted octanol–water partition coefficient (Wildman–Crippen LogP) is 5.35. The SMILES string of the molecule is CCC(C)C(CC)NC(=O)c1ccc(C(=O)NC(CC)C(C)CC)c2c(C(=O)O)ccc(C(=O)O)c12. The van der Waals surface area contributed by atoms with Crippen LogP contribution in [-0.4, -0.2) is 46.0 Å². The second-order valence-corrected chi connectivity index (χ2v) is 9.43. The molecule has 0 aromatic heterocycles. The summed E-state index contributed by atoms with van der Waals surface area (Å²) in [5, 5.41) is 25.7. The Balaban J connectivity index is 2.80. The van der Waals surface area contributed by atoms with Crippen molar-refractivity contribution in [3.05, 3.63) is 46.5 Å². The first-order valence-corrected chi connectivity index (χ1v) is 12.7. The highest BCUT2D eigenvalue weighted by molar-refractivity contribution is 6.23.